The Labute approximate surface area is 194 Å². The van der Waals surface area contributed by atoms with Crippen LogP contribution in [0.4, 0.5) is 10.1 Å². The zero-order valence-electron chi connectivity index (χ0n) is 17.5. The highest BCUT2D eigenvalue weighted by Crippen LogP contribution is 2.33. The van der Waals surface area contributed by atoms with Crippen molar-refractivity contribution in [1.82, 2.24) is 5.32 Å². The van der Waals surface area contributed by atoms with Gasteiger partial charge in [-0.3, -0.25) is 4.79 Å². The van der Waals surface area contributed by atoms with Crippen molar-refractivity contribution in [1.29, 1.82) is 0 Å². The molecule has 162 valence electrons. The third-order valence-corrected chi connectivity index (χ3v) is 6.05. The fourth-order valence-electron chi connectivity index (χ4n) is 3.49. The zero-order valence-corrected chi connectivity index (χ0v) is 18.3. The molecule has 0 saturated carbocycles. The average Bonchev–Trinajstić information content (AvgIpc) is 3.17. The highest BCUT2D eigenvalue weighted by atomic mass is 32.2. The van der Waals surface area contributed by atoms with E-state index in [4.69, 9.17) is 4.74 Å². The predicted molar refractivity (Wildman–Crippen MR) is 132 cm³/mol. The van der Waals surface area contributed by atoms with Crippen LogP contribution in [-0.2, 0) is 11.4 Å². The number of halogens is 1. The molecule has 1 aliphatic heterocycles. The molecule has 1 aliphatic rings. The number of para-hydroxylation sites is 1. The Hall–Kier alpha value is -3.90. The molecule has 33 heavy (non-hydrogen) atoms. The van der Waals surface area contributed by atoms with Gasteiger partial charge in [-0.05, 0) is 58.9 Å². The van der Waals surface area contributed by atoms with Crippen LogP contribution in [0.1, 0.15) is 11.1 Å². The fraction of sp³-hybridized carbons (Fsp3) is 0.0370. The summed E-state index contributed by atoms with van der Waals surface area (Å²) < 4.78 is 20.1. The summed E-state index contributed by atoms with van der Waals surface area (Å²) in [6.45, 7) is 0.0846. The molecule has 0 aliphatic carbocycles. The highest BCUT2D eigenvalue weighted by molar-refractivity contribution is 8.18. The van der Waals surface area contributed by atoms with E-state index < -0.39 is 0 Å². The van der Waals surface area contributed by atoms with Crippen molar-refractivity contribution in [3.8, 4) is 5.75 Å². The number of benzene rings is 4. The van der Waals surface area contributed by atoms with Crippen LogP contribution in [0, 0.1) is 5.82 Å². The minimum Gasteiger partial charge on any atom is -0.488 e. The first-order chi connectivity index (χ1) is 16.2. The number of hydrogen-bond donors (Lipinski definition) is 1. The van der Waals surface area contributed by atoms with Crippen LogP contribution in [0.15, 0.2) is 101 Å². The standard InChI is InChI=1S/C27H19FN2O2S/c28-23-13-7-6-10-20(23)17-32-24-15-19-9-5-4-8-18(19)14-21(24)16-25-26(31)30-27(33-25)29-22-11-2-1-3-12-22/h1-16H,17H2,(H,29,30,31)/b25-16+. The number of hydrogen-bond acceptors (Lipinski definition) is 4. The van der Waals surface area contributed by atoms with Crippen LogP contribution in [-0.4, -0.2) is 11.1 Å². The molecule has 0 unspecified atom stereocenters. The lowest BCUT2D eigenvalue weighted by atomic mass is 10.1. The molecule has 1 fully saturated rings. The third kappa shape index (κ3) is 4.81. The van der Waals surface area contributed by atoms with Crippen molar-refractivity contribution in [3.05, 3.63) is 113 Å². The first kappa shape index (κ1) is 21.0. The molecule has 5 rings (SSSR count). The maximum atomic E-state index is 14.1. The van der Waals surface area contributed by atoms with E-state index in [0.717, 1.165) is 22.0 Å². The summed E-state index contributed by atoms with van der Waals surface area (Å²) in [7, 11) is 0. The van der Waals surface area contributed by atoms with Gasteiger partial charge in [0.2, 0.25) is 0 Å². The number of amidine groups is 1. The molecule has 1 amide bonds. The lowest BCUT2D eigenvalue weighted by Crippen LogP contribution is -2.19. The first-order valence-corrected chi connectivity index (χ1v) is 11.2. The molecule has 1 N–H and O–H groups in total. The topological polar surface area (TPSA) is 50.7 Å². The van der Waals surface area contributed by atoms with Gasteiger partial charge in [-0.15, -0.1) is 0 Å². The fourth-order valence-corrected chi connectivity index (χ4v) is 4.32. The number of nitrogens with one attached hydrogen (secondary N) is 1. The van der Waals surface area contributed by atoms with Gasteiger partial charge in [0.25, 0.3) is 5.91 Å². The Balaban J connectivity index is 1.48. The second kappa shape index (κ2) is 9.30. The van der Waals surface area contributed by atoms with Gasteiger partial charge in [0.05, 0.1) is 10.6 Å². The SMILES string of the molecule is O=C1NC(=Nc2ccccc2)S/C1=C/c1cc2ccccc2cc1OCc1ccccc1F. The number of ether oxygens (including phenoxy) is 1. The quantitative estimate of drug-likeness (QED) is 0.353. The van der Waals surface area contributed by atoms with Crippen LogP contribution < -0.4 is 10.1 Å². The van der Waals surface area contributed by atoms with Crippen molar-refractivity contribution in [2.75, 3.05) is 0 Å². The van der Waals surface area contributed by atoms with Gasteiger partial charge in [0.15, 0.2) is 5.17 Å². The van der Waals surface area contributed by atoms with E-state index in [-0.39, 0.29) is 18.3 Å². The molecule has 0 atom stereocenters. The Morgan fingerprint density at radius 1 is 0.909 bits per heavy atom. The van der Waals surface area contributed by atoms with Crippen molar-refractivity contribution < 1.29 is 13.9 Å². The summed E-state index contributed by atoms with van der Waals surface area (Å²) in [5.74, 6) is 0.0416. The Morgan fingerprint density at radius 2 is 1.61 bits per heavy atom. The minimum absolute atomic E-state index is 0.0846. The van der Waals surface area contributed by atoms with Crippen LogP contribution in [0.3, 0.4) is 0 Å². The molecule has 4 aromatic rings. The molecule has 1 heterocycles. The minimum atomic E-state index is -0.314. The number of carbonyl (C=O) groups is 1. The number of carbonyl (C=O) groups excluding carboxylic acids is 1. The van der Waals surface area contributed by atoms with Gasteiger partial charge in [-0.1, -0.05) is 60.7 Å². The molecular formula is C27H19FN2O2S. The monoisotopic (exact) mass is 454 g/mol. The first-order valence-electron chi connectivity index (χ1n) is 10.4. The molecule has 6 heteroatoms. The summed E-state index contributed by atoms with van der Waals surface area (Å²) in [5.41, 5.74) is 1.97. The van der Waals surface area contributed by atoms with E-state index in [9.17, 15) is 9.18 Å². The maximum Gasteiger partial charge on any atom is 0.264 e. The van der Waals surface area contributed by atoms with Crippen LogP contribution in [0.5, 0.6) is 5.75 Å². The van der Waals surface area contributed by atoms with Gasteiger partial charge in [0.1, 0.15) is 18.2 Å². The van der Waals surface area contributed by atoms with E-state index in [1.807, 2.05) is 66.7 Å². The Bertz CT molecular complexity index is 1400. The van der Waals surface area contributed by atoms with E-state index in [1.165, 1.54) is 17.8 Å². The second-order valence-electron chi connectivity index (χ2n) is 7.43. The number of fused-ring (bicyclic) bond motifs is 1. The van der Waals surface area contributed by atoms with Crippen LogP contribution in [0.2, 0.25) is 0 Å². The summed E-state index contributed by atoms with van der Waals surface area (Å²) in [6, 6.07) is 27.8. The second-order valence-corrected chi connectivity index (χ2v) is 8.47. The Morgan fingerprint density at radius 3 is 2.39 bits per heavy atom. The summed E-state index contributed by atoms with van der Waals surface area (Å²) in [6.07, 6.45) is 1.79. The van der Waals surface area contributed by atoms with E-state index in [2.05, 4.69) is 10.3 Å². The maximum absolute atomic E-state index is 14.1. The summed E-state index contributed by atoms with van der Waals surface area (Å²) in [5, 5.41) is 5.35. The van der Waals surface area contributed by atoms with Crippen molar-refractivity contribution in [3.63, 3.8) is 0 Å². The Kier molecular flexibility index (Phi) is 5.91. The van der Waals surface area contributed by atoms with E-state index >= 15 is 0 Å². The van der Waals surface area contributed by atoms with E-state index in [1.54, 1.807) is 24.3 Å². The number of aliphatic imine (C=N–C) groups is 1. The van der Waals surface area contributed by atoms with Crippen LogP contribution in [0.25, 0.3) is 16.8 Å². The van der Waals surface area contributed by atoms with E-state index in [0.29, 0.717) is 21.4 Å². The van der Waals surface area contributed by atoms with Gasteiger partial charge in [0, 0.05) is 11.1 Å². The molecule has 0 bridgehead atoms. The predicted octanol–water partition coefficient (Wildman–Crippen LogP) is 6.45. The molecular weight excluding hydrogens is 435 g/mol. The molecule has 1 saturated heterocycles. The molecule has 0 radical (unpaired) electrons. The van der Waals surface area contributed by atoms with Crippen molar-refractivity contribution in [2.45, 2.75) is 6.61 Å². The van der Waals surface area contributed by atoms with Gasteiger partial charge >= 0.3 is 0 Å². The van der Waals surface area contributed by atoms with Crippen LogP contribution >= 0.6 is 11.8 Å². The largest absolute Gasteiger partial charge is 0.488 e. The normalized spacial score (nSPS) is 15.8. The molecule has 0 aromatic heterocycles. The number of rotatable bonds is 5. The van der Waals surface area contributed by atoms with Gasteiger partial charge in [-0.2, -0.15) is 0 Å². The lowest BCUT2D eigenvalue weighted by Gasteiger charge is -2.12. The summed E-state index contributed by atoms with van der Waals surface area (Å²) in [4.78, 5) is 17.6. The van der Waals surface area contributed by atoms with Crippen molar-refractivity contribution in [2.24, 2.45) is 4.99 Å². The zero-order chi connectivity index (χ0) is 22.6. The number of thioether (sulfide) groups is 1. The van der Waals surface area contributed by atoms with Gasteiger partial charge < -0.3 is 10.1 Å². The number of amides is 1. The molecule has 4 nitrogen and oxygen atoms in total. The molecule has 0 spiro atoms. The lowest BCUT2D eigenvalue weighted by molar-refractivity contribution is -0.115. The smallest absolute Gasteiger partial charge is 0.264 e. The van der Waals surface area contributed by atoms with Crippen molar-refractivity contribution >= 4 is 45.4 Å². The summed E-state index contributed by atoms with van der Waals surface area (Å²) >= 11 is 1.27. The number of nitrogens with zero attached hydrogens (tertiary/aromatic N) is 1. The van der Waals surface area contributed by atoms with Gasteiger partial charge in [-0.25, -0.2) is 9.38 Å². The highest BCUT2D eigenvalue weighted by Gasteiger charge is 2.24. The third-order valence-electron chi connectivity index (χ3n) is 5.14. The average molecular weight is 455 g/mol. The molecule has 4 aromatic carbocycles.